The molecule has 1 saturated heterocycles. The number of nitrogens with one attached hydrogen (secondary N) is 2. The predicted molar refractivity (Wildman–Crippen MR) is 128 cm³/mol. The van der Waals surface area contributed by atoms with Gasteiger partial charge in [-0.1, -0.05) is 17.7 Å². The smallest absolute Gasteiger partial charge is 0.321 e. The van der Waals surface area contributed by atoms with Crippen LogP contribution in [0.15, 0.2) is 42.6 Å². The SMILES string of the molecule is Cc1ccnc(Nc2cc(N3CCN(C(=O)Nc4ccc(C)cc4C)CC3)nc(C)n2)c1. The van der Waals surface area contributed by atoms with Gasteiger partial charge in [0, 0.05) is 44.1 Å². The van der Waals surface area contributed by atoms with Gasteiger partial charge in [0.1, 0.15) is 23.3 Å². The van der Waals surface area contributed by atoms with E-state index in [0.29, 0.717) is 37.8 Å². The summed E-state index contributed by atoms with van der Waals surface area (Å²) in [6.45, 7) is 10.6. The van der Waals surface area contributed by atoms with Crippen molar-refractivity contribution in [3.8, 4) is 0 Å². The minimum absolute atomic E-state index is 0.0663. The number of rotatable bonds is 4. The van der Waals surface area contributed by atoms with E-state index in [1.165, 1.54) is 5.56 Å². The summed E-state index contributed by atoms with van der Waals surface area (Å²) < 4.78 is 0. The number of hydrogen-bond acceptors (Lipinski definition) is 6. The first kappa shape index (κ1) is 21.5. The van der Waals surface area contributed by atoms with Gasteiger partial charge in [0.05, 0.1) is 0 Å². The average molecular weight is 432 g/mol. The monoisotopic (exact) mass is 431 g/mol. The third kappa shape index (κ3) is 5.14. The van der Waals surface area contributed by atoms with E-state index in [0.717, 1.165) is 28.5 Å². The molecule has 0 unspecified atom stereocenters. The third-order valence-corrected chi connectivity index (χ3v) is 5.51. The maximum Gasteiger partial charge on any atom is 0.321 e. The fraction of sp³-hybridized carbons (Fsp3) is 0.333. The van der Waals surface area contributed by atoms with Crippen LogP contribution in [-0.4, -0.2) is 52.1 Å². The molecule has 8 heteroatoms. The van der Waals surface area contributed by atoms with E-state index in [1.54, 1.807) is 6.20 Å². The van der Waals surface area contributed by atoms with Crippen molar-refractivity contribution < 1.29 is 4.79 Å². The number of hydrogen-bond donors (Lipinski definition) is 2. The van der Waals surface area contributed by atoms with Crippen LogP contribution in [-0.2, 0) is 0 Å². The second-order valence-electron chi connectivity index (χ2n) is 8.22. The van der Waals surface area contributed by atoms with Crippen LogP contribution < -0.4 is 15.5 Å². The van der Waals surface area contributed by atoms with Gasteiger partial charge >= 0.3 is 6.03 Å². The highest BCUT2D eigenvalue weighted by molar-refractivity contribution is 5.90. The molecule has 0 radical (unpaired) electrons. The Morgan fingerprint density at radius 2 is 1.62 bits per heavy atom. The summed E-state index contributed by atoms with van der Waals surface area (Å²) in [6.07, 6.45) is 1.77. The topological polar surface area (TPSA) is 86.3 Å². The molecular weight excluding hydrogens is 402 g/mol. The summed E-state index contributed by atoms with van der Waals surface area (Å²) in [6, 6.07) is 11.8. The summed E-state index contributed by atoms with van der Waals surface area (Å²) in [4.78, 5) is 30.2. The Balaban J connectivity index is 1.39. The molecule has 3 heterocycles. The number of aromatic nitrogens is 3. The molecule has 0 saturated carbocycles. The molecule has 1 fully saturated rings. The van der Waals surface area contributed by atoms with Gasteiger partial charge in [0.2, 0.25) is 0 Å². The van der Waals surface area contributed by atoms with E-state index in [4.69, 9.17) is 0 Å². The zero-order valence-electron chi connectivity index (χ0n) is 19.0. The Bertz CT molecular complexity index is 1120. The van der Waals surface area contributed by atoms with E-state index in [2.05, 4.69) is 36.6 Å². The molecular formula is C24H29N7O. The Kier molecular flexibility index (Phi) is 6.20. The van der Waals surface area contributed by atoms with Crippen LogP contribution in [0, 0.1) is 27.7 Å². The molecule has 1 aliphatic heterocycles. The first-order valence-electron chi connectivity index (χ1n) is 10.8. The molecule has 166 valence electrons. The molecule has 3 aromatic rings. The Morgan fingerprint density at radius 1 is 0.875 bits per heavy atom. The number of amides is 2. The van der Waals surface area contributed by atoms with Crippen molar-refractivity contribution in [2.24, 2.45) is 0 Å². The minimum Gasteiger partial charge on any atom is -0.353 e. The van der Waals surface area contributed by atoms with Gasteiger partial charge in [0.15, 0.2) is 0 Å². The lowest BCUT2D eigenvalue weighted by atomic mass is 10.1. The van der Waals surface area contributed by atoms with Crippen LogP contribution in [0.1, 0.15) is 22.5 Å². The molecule has 0 atom stereocenters. The minimum atomic E-state index is -0.0663. The van der Waals surface area contributed by atoms with Crippen molar-refractivity contribution in [3.63, 3.8) is 0 Å². The number of pyridine rings is 1. The van der Waals surface area contributed by atoms with Crippen LogP contribution in [0.3, 0.4) is 0 Å². The molecule has 4 rings (SSSR count). The fourth-order valence-electron chi connectivity index (χ4n) is 3.80. The standard InChI is InChI=1S/C24H29N7O/c1-16-5-6-20(18(3)13-16)28-24(32)31-11-9-30(10-12-31)23-15-22(26-19(4)27-23)29-21-14-17(2)7-8-25-21/h5-8,13-15H,9-12H2,1-4H3,(H,28,32)(H,25,26,27,29). The van der Waals surface area contributed by atoms with Crippen molar-refractivity contribution in [3.05, 3.63) is 65.1 Å². The molecule has 0 aliphatic carbocycles. The summed E-state index contributed by atoms with van der Waals surface area (Å²) in [7, 11) is 0. The van der Waals surface area contributed by atoms with Crippen molar-refractivity contribution >= 4 is 29.2 Å². The number of nitrogens with zero attached hydrogens (tertiary/aromatic N) is 5. The molecule has 2 amide bonds. The number of benzene rings is 1. The van der Waals surface area contributed by atoms with Gasteiger partial charge in [-0.3, -0.25) is 0 Å². The zero-order valence-corrected chi connectivity index (χ0v) is 19.0. The van der Waals surface area contributed by atoms with Crippen LogP contribution in [0.2, 0.25) is 0 Å². The molecule has 1 aliphatic rings. The Morgan fingerprint density at radius 3 is 2.34 bits per heavy atom. The maximum absolute atomic E-state index is 12.7. The van der Waals surface area contributed by atoms with E-state index in [-0.39, 0.29) is 6.03 Å². The van der Waals surface area contributed by atoms with Crippen molar-refractivity contribution in [2.45, 2.75) is 27.7 Å². The van der Waals surface area contributed by atoms with E-state index < -0.39 is 0 Å². The number of anilines is 4. The fourth-order valence-corrected chi connectivity index (χ4v) is 3.80. The van der Waals surface area contributed by atoms with Gasteiger partial charge < -0.3 is 20.4 Å². The largest absolute Gasteiger partial charge is 0.353 e. The molecule has 32 heavy (non-hydrogen) atoms. The van der Waals surface area contributed by atoms with Crippen LogP contribution in [0.5, 0.6) is 0 Å². The zero-order chi connectivity index (χ0) is 22.7. The lowest BCUT2D eigenvalue weighted by molar-refractivity contribution is 0.208. The number of urea groups is 1. The van der Waals surface area contributed by atoms with E-state index >= 15 is 0 Å². The van der Waals surface area contributed by atoms with Gasteiger partial charge in [0.25, 0.3) is 0 Å². The lowest BCUT2D eigenvalue weighted by Crippen LogP contribution is -2.50. The van der Waals surface area contributed by atoms with Crippen molar-refractivity contribution in [1.82, 2.24) is 19.9 Å². The molecule has 2 aromatic heterocycles. The maximum atomic E-state index is 12.7. The summed E-state index contributed by atoms with van der Waals surface area (Å²) in [5, 5.41) is 6.30. The predicted octanol–water partition coefficient (Wildman–Crippen LogP) is 4.20. The number of carbonyl (C=O) groups excluding carboxylic acids is 1. The second kappa shape index (κ2) is 9.21. The molecule has 2 N–H and O–H groups in total. The Labute approximate surface area is 188 Å². The summed E-state index contributed by atoms with van der Waals surface area (Å²) in [5.74, 6) is 3.00. The van der Waals surface area contributed by atoms with Crippen LogP contribution >= 0.6 is 0 Å². The first-order chi connectivity index (χ1) is 15.4. The summed E-state index contributed by atoms with van der Waals surface area (Å²) >= 11 is 0. The van der Waals surface area contributed by atoms with E-state index in [1.807, 2.05) is 62.9 Å². The van der Waals surface area contributed by atoms with Crippen LogP contribution in [0.4, 0.5) is 27.9 Å². The van der Waals surface area contributed by atoms with Crippen molar-refractivity contribution in [2.75, 3.05) is 41.7 Å². The molecule has 0 bridgehead atoms. The second-order valence-corrected chi connectivity index (χ2v) is 8.22. The van der Waals surface area contributed by atoms with Gasteiger partial charge in [-0.2, -0.15) is 0 Å². The lowest BCUT2D eigenvalue weighted by Gasteiger charge is -2.35. The van der Waals surface area contributed by atoms with E-state index in [9.17, 15) is 4.79 Å². The normalized spacial score (nSPS) is 13.8. The number of piperazine rings is 1. The highest BCUT2D eigenvalue weighted by Gasteiger charge is 2.23. The van der Waals surface area contributed by atoms with Crippen molar-refractivity contribution in [1.29, 1.82) is 0 Å². The van der Waals surface area contributed by atoms with Crippen LogP contribution in [0.25, 0.3) is 0 Å². The summed E-state index contributed by atoms with van der Waals surface area (Å²) in [5.41, 5.74) is 4.23. The highest BCUT2D eigenvalue weighted by Crippen LogP contribution is 2.21. The molecule has 8 nitrogen and oxygen atoms in total. The first-order valence-corrected chi connectivity index (χ1v) is 10.8. The quantitative estimate of drug-likeness (QED) is 0.644. The average Bonchev–Trinajstić information content (AvgIpc) is 2.75. The number of carbonyl (C=O) groups is 1. The Hall–Kier alpha value is -3.68. The van der Waals surface area contributed by atoms with Gasteiger partial charge in [-0.15, -0.1) is 0 Å². The molecule has 1 aromatic carbocycles. The third-order valence-electron chi connectivity index (χ3n) is 5.51. The van der Waals surface area contributed by atoms with Gasteiger partial charge in [-0.05, 0) is 57.0 Å². The molecule has 0 spiro atoms. The highest BCUT2D eigenvalue weighted by atomic mass is 16.2. The van der Waals surface area contributed by atoms with Gasteiger partial charge in [-0.25, -0.2) is 19.7 Å². The number of aryl methyl sites for hydroxylation is 4.